The molecule has 1 aliphatic carbocycles. The fourth-order valence-corrected chi connectivity index (χ4v) is 5.33. The zero-order valence-electron chi connectivity index (χ0n) is 14.0. The standard InChI is InChI=1S/C20H25NO2/c1-4-20(22)11-8-18-19(20,2)10-7-17-16-6-5-15(23-3)13-14(16)9-12-21(17)18/h1,5-6,13,17-18,22H,7-12H2,2-3H3/t17-,18-,19?,20+/m1/s1. The van der Waals surface area contributed by atoms with Crippen molar-refractivity contribution in [3.8, 4) is 18.1 Å². The number of methoxy groups -OCH3 is 1. The van der Waals surface area contributed by atoms with Crippen molar-refractivity contribution in [3.05, 3.63) is 29.3 Å². The van der Waals surface area contributed by atoms with Crippen LogP contribution in [0, 0.1) is 17.8 Å². The van der Waals surface area contributed by atoms with Crippen LogP contribution in [0.15, 0.2) is 18.2 Å². The highest BCUT2D eigenvalue weighted by molar-refractivity contribution is 5.40. The third-order valence-corrected chi connectivity index (χ3v) is 6.78. The molecule has 0 bridgehead atoms. The maximum atomic E-state index is 10.9. The zero-order valence-corrected chi connectivity index (χ0v) is 14.0. The molecule has 1 unspecified atom stereocenters. The van der Waals surface area contributed by atoms with E-state index in [0.717, 1.165) is 44.4 Å². The lowest BCUT2D eigenvalue weighted by molar-refractivity contribution is -0.0839. The monoisotopic (exact) mass is 311 g/mol. The molecule has 3 nitrogen and oxygen atoms in total. The maximum Gasteiger partial charge on any atom is 0.132 e. The number of aliphatic hydroxyl groups is 1. The van der Waals surface area contributed by atoms with Crippen LogP contribution in [-0.4, -0.2) is 35.3 Å². The predicted octanol–water partition coefficient (Wildman–Crippen LogP) is 2.92. The molecule has 4 rings (SSSR count). The van der Waals surface area contributed by atoms with E-state index in [1.807, 2.05) is 0 Å². The van der Waals surface area contributed by atoms with E-state index in [4.69, 9.17) is 11.2 Å². The van der Waals surface area contributed by atoms with Gasteiger partial charge in [-0.2, -0.15) is 0 Å². The molecule has 2 heterocycles. The largest absolute Gasteiger partial charge is 0.497 e. The van der Waals surface area contributed by atoms with Crippen LogP contribution in [0.1, 0.15) is 49.8 Å². The summed E-state index contributed by atoms with van der Waals surface area (Å²) in [5.41, 5.74) is 1.74. The Balaban J connectivity index is 1.70. The molecule has 1 saturated heterocycles. The number of benzene rings is 1. The Bertz CT molecular complexity index is 679. The Morgan fingerprint density at radius 3 is 2.91 bits per heavy atom. The number of hydrogen-bond donors (Lipinski definition) is 1. The van der Waals surface area contributed by atoms with Gasteiger partial charge in [-0.25, -0.2) is 0 Å². The highest BCUT2D eigenvalue weighted by Gasteiger charge is 2.60. The second-order valence-electron chi connectivity index (χ2n) is 7.58. The summed E-state index contributed by atoms with van der Waals surface area (Å²) in [6.07, 6.45) is 10.5. The first kappa shape index (κ1) is 15.1. The van der Waals surface area contributed by atoms with Crippen molar-refractivity contribution < 1.29 is 9.84 Å². The van der Waals surface area contributed by atoms with E-state index in [1.54, 1.807) is 7.11 Å². The van der Waals surface area contributed by atoms with Gasteiger partial charge in [0, 0.05) is 24.0 Å². The van der Waals surface area contributed by atoms with E-state index in [1.165, 1.54) is 11.1 Å². The van der Waals surface area contributed by atoms with Crippen LogP contribution in [0.5, 0.6) is 5.75 Å². The number of fused-ring (bicyclic) bond motifs is 5. The molecule has 2 aliphatic heterocycles. The fourth-order valence-electron chi connectivity index (χ4n) is 5.33. The number of nitrogens with zero attached hydrogens (tertiary/aromatic N) is 1. The molecule has 3 aliphatic rings. The van der Waals surface area contributed by atoms with Gasteiger partial charge < -0.3 is 9.84 Å². The summed E-state index contributed by atoms with van der Waals surface area (Å²) < 4.78 is 5.37. The van der Waals surface area contributed by atoms with Crippen LogP contribution in [-0.2, 0) is 6.42 Å². The summed E-state index contributed by atoms with van der Waals surface area (Å²) in [4.78, 5) is 2.62. The van der Waals surface area contributed by atoms with Gasteiger partial charge in [-0.05, 0) is 55.4 Å². The fraction of sp³-hybridized carbons (Fsp3) is 0.600. The maximum absolute atomic E-state index is 10.9. The van der Waals surface area contributed by atoms with Crippen molar-refractivity contribution >= 4 is 0 Å². The molecule has 1 aromatic rings. The molecule has 0 amide bonds. The molecule has 122 valence electrons. The van der Waals surface area contributed by atoms with Gasteiger partial charge in [0.05, 0.1) is 7.11 Å². The van der Waals surface area contributed by atoms with Gasteiger partial charge in [0.1, 0.15) is 11.4 Å². The van der Waals surface area contributed by atoms with Crippen LogP contribution in [0.4, 0.5) is 0 Å². The molecule has 0 radical (unpaired) electrons. The SMILES string of the molecule is C#C[C@]1(O)CC[C@H]2N3CCc4cc(OC)ccc4[C@H]3CCC21C. The predicted molar refractivity (Wildman–Crippen MR) is 90.3 cm³/mol. The lowest BCUT2D eigenvalue weighted by Gasteiger charge is -2.54. The number of hydrogen-bond acceptors (Lipinski definition) is 3. The third-order valence-electron chi connectivity index (χ3n) is 6.78. The molecular weight excluding hydrogens is 286 g/mol. The minimum absolute atomic E-state index is 0.178. The van der Waals surface area contributed by atoms with Gasteiger partial charge >= 0.3 is 0 Å². The van der Waals surface area contributed by atoms with E-state index in [2.05, 4.69) is 35.9 Å². The highest BCUT2D eigenvalue weighted by Crippen LogP contribution is 2.58. The first-order chi connectivity index (χ1) is 11.0. The Hall–Kier alpha value is -1.50. The quantitative estimate of drug-likeness (QED) is 0.810. The van der Waals surface area contributed by atoms with Gasteiger partial charge in [0.25, 0.3) is 0 Å². The van der Waals surface area contributed by atoms with Crippen molar-refractivity contribution in [2.24, 2.45) is 5.41 Å². The van der Waals surface area contributed by atoms with Crippen molar-refractivity contribution in [2.45, 2.75) is 56.7 Å². The molecule has 0 aromatic heterocycles. The Kier molecular flexibility index (Phi) is 3.27. The first-order valence-corrected chi connectivity index (χ1v) is 8.65. The zero-order chi connectivity index (χ0) is 16.2. The lowest BCUT2D eigenvalue weighted by Crippen LogP contribution is -2.57. The normalized spacial score (nSPS) is 39.0. The third kappa shape index (κ3) is 1.92. The van der Waals surface area contributed by atoms with Gasteiger partial charge in [-0.3, -0.25) is 4.90 Å². The topological polar surface area (TPSA) is 32.7 Å². The first-order valence-electron chi connectivity index (χ1n) is 8.65. The van der Waals surface area contributed by atoms with Crippen molar-refractivity contribution in [2.75, 3.05) is 13.7 Å². The molecular formula is C20H25NO2. The summed E-state index contributed by atoms with van der Waals surface area (Å²) in [6.45, 7) is 3.25. The highest BCUT2D eigenvalue weighted by atomic mass is 16.5. The summed E-state index contributed by atoms with van der Waals surface area (Å²) in [5.74, 6) is 3.67. The molecule has 4 atom stereocenters. The van der Waals surface area contributed by atoms with E-state index in [0.29, 0.717) is 12.1 Å². The minimum atomic E-state index is -0.942. The molecule has 1 aromatic carbocycles. The number of rotatable bonds is 1. The summed E-state index contributed by atoms with van der Waals surface area (Å²) in [6, 6.07) is 7.34. The number of terminal acetylenes is 1. The van der Waals surface area contributed by atoms with E-state index < -0.39 is 5.60 Å². The van der Waals surface area contributed by atoms with E-state index >= 15 is 0 Å². The van der Waals surface area contributed by atoms with Crippen molar-refractivity contribution in [1.82, 2.24) is 4.90 Å². The second-order valence-corrected chi connectivity index (χ2v) is 7.58. The minimum Gasteiger partial charge on any atom is -0.497 e. The van der Waals surface area contributed by atoms with Gasteiger partial charge in [0.15, 0.2) is 0 Å². The van der Waals surface area contributed by atoms with Crippen LogP contribution in [0.25, 0.3) is 0 Å². The van der Waals surface area contributed by atoms with Gasteiger partial charge in [-0.15, -0.1) is 6.42 Å². The van der Waals surface area contributed by atoms with Crippen LogP contribution < -0.4 is 4.74 Å². The smallest absolute Gasteiger partial charge is 0.132 e. The van der Waals surface area contributed by atoms with Crippen LogP contribution >= 0.6 is 0 Å². The molecule has 23 heavy (non-hydrogen) atoms. The molecule has 2 fully saturated rings. The molecule has 1 saturated carbocycles. The summed E-state index contributed by atoms with van der Waals surface area (Å²) in [7, 11) is 1.72. The van der Waals surface area contributed by atoms with Crippen LogP contribution in [0.3, 0.4) is 0 Å². The van der Waals surface area contributed by atoms with Gasteiger partial charge in [-0.1, -0.05) is 18.9 Å². The Morgan fingerprint density at radius 1 is 1.35 bits per heavy atom. The summed E-state index contributed by atoms with van der Waals surface area (Å²) in [5, 5.41) is 10.9. The Labute approximate surface area is 138 Å². The van der Waals surface area contributed by atoms with Gasteiger partial charge in [0.2, 0.25) is 0 Å². The van der Waals surface area contributed by atoms with Crippen molar-refractivity contribution in [3.63, 3.8) is 0 Å². The average molecular weight is 311 g/mol. The number of ether oxygens (including phenoxy) is 1. The Morgan fingerprint density at radius 2 is 2.17 bits per heavy atom. The molecule has 1 N–H and O–H groups in total. The van der Waals surface area contributed by atoms with E-state index in [-0.39, 0.29) is 5.41 Å². The lowest BCUT2D eigenvalue weighted by atomic mass is 9.66. The second kappa shape index (κ2) is 5.00. The average Bonchev–Trinajstić information content (AvgIpc) is 2.86. The molecule has 0 spiro atoms. The molecule has 3 heteroatoms. The van der Waals surface area contributed by atoms with E-state index in [9.17, 15) is 5.11 Å². The van der Waals surface area contributed by atoms with Crippen LogP contribution in [0.2, 0.25) is 0 Å². The summed E-state index contributed by atoms with van der Waals surface area (Å²) >= 11 is 0. The number of piperidine rings is 1. The van der Waals surface area contributed by atoms with Crippen molar-refractivity contribution in [1.29, 1.82) is 0 Å².